The highest BCUT2D eigenvalue weighted by Crippen LogP contribution is 2.24. The predicted octanol–water partition coefficient (Wildman–Crippen LogP) is 3.74. The molecule has 7 nitrogen and oxygen atoms in total. The van der Waals surface area contributed by atoms with E-state index in [9.17, 15) is 4.79 Å². The third-order valence-electron chi connectivity index (χ3n) is 3.88. The van der Waals surface area contributed by atoms with E-state index >= 15 is 0 Å². The number of methoxy groups -OCH3 is 2. The van der Waals surface area contributed by atoms with Crippen LogP contribution in [0.2, 0.25) is 0 Å². The minimum absolute atomic E-state index is 0.309. The fourth-order valence-corrected chi connectivity index (χ4v) is 3.19. The smallest absolute Gasteiger partial charge is 0.257 e. The van der Waals surface area contributed by atoms with E-state index in [1.807, 2.05) is 31.2 Å². The van der Waals surface area contributed by atoms with E-state index in [-0.39, 0.29) is 5.91 Å². The molecule has 28 heavy (non-hydrogen) atoms. The lowest BCUT2D eigenvalue weighted by Gasteiger charge is -2.07. The second-order valence-corrected chi connectivity index (χ2v) is 7.03. The molecule has 0 fully saturated rings. The van der Waals surface area contributed by atoms with Gasteiger partial charge in [-0.25, -0.2) is 0 Å². The van der Waals surface area contributed by atoms with Crippen LogP contribution in [0.4, 0.5) is 5.13 Å². The van der Waals surface area contributed by atoms with Gasteiger partial charge < -0.3 is 14.2 Å². The van der Waals surface area contributed by atoms with Gasteiger partial charge in [0, 0.05) is 18.1 Å². The van der Waals surface area contributed by atoms with Crippen LogP contribution >= 0.6 is 11.3 Å². The van der Waals surface area contributed by atoms with Crippen LogP contribution in [0.15, 0.2) is 42.5 Å². The quantitative estimate of drug-likeness (QED) is 0.621. The Balaban J connectivity index is 1.57. The van der Waals surface area contributed by atoms with E-state index in [4.69, 9.17) is 14.2 Å². The largest absolute Gasteiger partial charge is 0.497 e. The average molecular weight is 399 g/mol. The van der Waals surface area contributed by atoms with Crippen LogP contribution in [-0.2, 0) is 6.42 Å². The van der Waals surface area contributed by atoms with Gasteiger partial charge in [0.15, 0.2) is 0 Å². The molecule has 1 aromatic heterocycles. The Labute approximate surface area is 167 Å². The molecule has 2 aromatic carbocycles. The van der Waals surface area contributed by atoms with Crippen LogP contribution in [-0.4, -0.2) is 36.9 Å². The number of nitrogens with one attached hydrogen (secondary N) is 1. The van der Waals surface area contributed by atoms with Crippen molar-refractivity contribution in [1.29, 1.82) is 0 Å². The van der Waals surface area contributed by atoms with Gasteiger partial charge in [-0.05, 0) is 36.8 Å². The molecular formula is C20H21N3O4S. The summed E-state index contributed by atoms with van der Waals surface area (Å²) in [5.41, 5.74) is 1.56. The molecule has 8 heteroatoms. The van der Waals surface area contributed by atoms with E-state index in [0.717, 1.165) is 16.3 Å². The fraction of sp³-hybridized carbons (Fsp3) is 0.250. The van der Waals surface area contributed by atoms with Crippen molar-refractivity contribution in [2.24, 2.45) is 0 Å². The van der Waals surface area contributed by atoms with E-state index in [1.165, 1.54) is 25.6 Å². The highest BCUT2D eigenvalue weighted by Gasteiger charge is 2.13. The summed E-state index contributed by atoms with van der Waals surface area (Å²) < 4.78 is 16.1. The third kappa shape index (κ3) is 5.20. The molecule has 0 spiro atoms. The Morgan fingerprint density at radius 3 is 2.46 bits per heavy atom. The van der Waals surface area contributed by atoms with E-state index in [1.54, 1.807) is 18.2 Å². The number of carbonyl (C=O) groups excluding carboxylic acids is 1. The molecular weight excluding hydrogens is 378 g/mol. The van der Waals surface area contributed by atoms with Gasteiger partial charge in [-0.3, -0.25) is 10.1 Å². The van der Waals surface area contributed by atoms with Crippen molar-refractivity contribution in [3.63, 3.8) is 0 Å². The summed E-state index contributed by atoms with van der Waals surface area (Å²) in [5.74, 6) is 1.59. The van der Waals surface area contributed by atoms with Crippen LogP contribution in [0.5, 0.6) is 17.2 Å². The SMILES string of the molecule is COc1cc(OC)cc(C(=O)Nc2nnc(CCOc3cccc(C)c3)s2)c1. The first-order valence-corrected chi connectivity index (χ1v) is 9.45. The molecule has 1 heterocycles. The van der Waals surface area contributed by atoms with Crippen molar-refractivity contribution in [2.45, 2.75) is 13.3 Å². The molecule has 0 bridgehead atoms. The summed E-state index contributed by atoms with van der Waals surface area (Å²) in [6.45, 7) is 2.50. The van der Waals surface area contributed by atoms with E-state index in [0.29, 0.717) is 35.2 Å². The van der Waals surface area contributed by atoms with Crippen molar-refractivity contribution in [3.05, 3.63) is 58.6 Å². The van der Waals surface area contributed by atoms with Crippen LogP contribution in [0.1, 0.15) is 20.9 Å². The van der Waals surface area contributed by atoms with Crippen molar-refractivity contribution in [1.82, 2.24) is 10.2 Å². The van der Waals surface area contributed by atoms with Gasteiger partial charge in [-0.1, -0.05) is 23.5 Å². The van der Waals surface area contributed by atoms with Gasteiger partial charge >= 0.3 is 0 Å². The Morgan fingerprint density at radius 1 is 1.04 bits per heavy atom. The summed E-state index contributed by atoms with van der Waals surface area (Å²) in [6.07, 6.45) is 0.606. The Morgan fingerprint density at radius 2 is 1.79 bits per heavy atom. The van der Waals surface area contributed by atoms with Crippen molar-refractivity contribution in [2.75, 3.05) is 26.1 Å². The summed E-state index contributed by atoms with van der Waals surface area (Å²) in [5, 5.41) is 12.1. The number of hydrogen-bond donors (Lipinski definition) is 1. The van der Waals surface area contributed by atoms with Crippen LogP contribution in [0.3, 0.4) is 0 Å². The second-order valence-electron chi connectivity index (χ2n) is 5.97. The van der Waals surface area contributed by atoms with Gasteiger partial charge in [-0.2, -0.15) is 0 Å². The second kappa shape index (κ2) is 9.18. The number of hydrogen-bond acceptors (Lipinski definition) is 7. The molecule has 3 aromatic rings. The number of carbonyl (C=O) groups is 1. The lowest BCUT2D eigenvalue weighted by Crippen LogP contribution is -2.12. The maximum atomic E-state index is 12.5. The average Bonchev–Trinajstić information content (AvgIpc) is 3.14. The summed E-state index contributed by atoms with van der Waals surface area (Å²) >= 11 is 1.32. The topological polar surface area (TPSA) is 82.6 Å². The third-order valence-corrected chi connectivity index (χ3v) is 4.77. The predicted molar refractivity (Wildman–Crippen MR) is 108 cm³/mol. The lowest BCUT2D eigenvalue weighted by atomic mass is 10.2. The first-order chi connectivity index (χ1) is 13.6. The van der Waals surface area contributed by atoms with Crippen molar-refractivity contribution in [3.8, 4) is 17.2 Å². The molecule has 146 valence electrons. The molecule has 0 aliphatic rings. The van der Waals surface area contributed by atoms with Crippen LogP contribution in [0, 0.1) is 6.92 Å². The number of aryl methyl sites for hydroxylation is 1. The van der Waals surface area contributed by atoms with Gasteiger partial charge in [0.1, 0.15) is 22.3 Å². The minimum Gasteiger partial charge on any atom is -0.497 e. The van der Waals surface area contributed by atoms with Gasteiger partial charge in [-0.15, -0.1) is 10.2 Å². The van der Waals surface area contributed by atoms with Crippen LogP contribution in [0.25, 0.3) is 0 Å². The number of anilines is 1. The normalized spacial score (nSPS) is 10.4. The Bertz CT molecular complexity index is 936. The van der Waals surface area contributed by atoms with Crippen molar-refractivity contribution < 1.29 is 19.0 Å². The number of ether oxygens (including phenoxy) is 3. The first kappa shape index (κ1) is 19.6. The highest BCUT2D eigenvalue weighted by molar-refractivity contribution is 7.15. The number of nitrogens with zero attached hydrogens (tertiary/aromatic N) is 2. The molecule has 0 saturated heterocycles. The molecule has 0 aliphatic carbocycles. The van der Waals surface area contributed by atoms with Gasteiger partial charge in [0.2, 0.25) is 5.13 Å². The zero-order chi connectivity index (χ0) is 19.9. The highest BCUT2D eigenvalue weighted by atomic mass is 32.1. The number of aromatic nitrogens is 2. The van der Waals surface area contributed by atoms with E-state index < -0.39 is 0 Å². The molecule has 1 amide bonds. The van der Waals surface area contributed by atoms with Gasteiger partial charge in [0.25, 0.3) is 5.91 Å². The number of rotatable bonds is 8. The molecule has 0 saturated carbocycles. The lowest BCUT2D eigenvalue weighted by molar-refractivity contribution is 0.102. The zero-order valence-corrected chi connectivity index (χ0v) is 16.7. The number of benzene rings is 2. The zero-order valence-electron chi connectivity index (χ0n) is 15.9. The van der Waals surface area contributed by atoms with Crippen LogP contribution < -0.4 is 19.5 Å². The molecule has 0 radical (unpaired) electrons. The van der Waals surface area contributed by atoms with E-state index in [2.05, 4.69) is 15.5 Å². The maximum Gasteiger partial charge on any atom is 0.257 e. The minimum atomic E-state index is -0.309. The van der Waals surface area contributed by atoms with Gasteiger partial charge in [0.05, 0.1) is 20.8 Å². The summed E-state index contributed by atoms with van der Waals surface area (Å²) in [7, 11) is 3.07. The molecule has 3 rings (SSSR count). The summed E-state index contributed by atoms with van der Waals surface area (Å²) in [6, 6.07) is 12.8. The standard InChI is InChI=1S/C20H21N3O4S/c1-13-5-4-6-15(9-13)27-8-7-18-22-23-20(28-18)21-19(24)14-10-16(25-2)12-17(11-14)26-3/h4-6,9-12H,7-8H2,1-3H3,(H,21,23,24). The Kier molecular flexibility index (Phi) is 6.44. The summed E-state index contributed by atoms with van der Waals surface area (Å²) in [4.78, 5) is 12.5. The molecule has 0 unspecified atom stereocenters. The molecule has 1 N–H and O–H groups in total. The molecule has 0 aliphatic heterocycles. The maximum absolute atomic E-state index is 12.5. The fourth-order valence-electron chi connectivity index (χ4n) is 2.47. The van der Waals surface area contributed by atoms with Crippen molar-refractivity contribution >= 4 is 22.4 Å². The Hall–Kier alpha value is -3.13. The molecule has 0 atom stereocenters. The first-order valence-electron chi connectivity index (χ1n) is 8.63. The monoisotopic (exact) mass is 399 g/mol. The number of amides is 1.